The van der Waals surface area contributed by atoms with Crippen molar-refractivity contribution in [2.75, 3.05) is 7.11 Å². The van der Waals surface area contributed by atoms with Crippen LogP contribution in [0, 0.1) is 0 Å². The Kier molecular flexibility index (Phi) is 2.97. The second-order valence-corrected chi connectivity index (χ2v) is 2.40. The van der Waals surface area contributed by atoms with Crippen molar-refractivity contribution in [1.82, 2.24) is 0 Å². The zero-order valence-electron chi connectivity index (χ0n) is 6.78. The molecule has 0 radical (unpaired) electrons. The van der Waals surface area contributed by atoms with Crippen molar-refractivity contribution in [3.8, 4) is 11.5 Å². The second kappa shape index (κ2) is 4.00. The monoisotopic (exact) mass is 202 g/mol. The predicted molar refractivity (Wildman–Crippen MR) is 46.4 cm³/mol. The molecule has 1 aromatic carbocycles. The molecule has 0 aliphatic heterocycles. The van der Waals surface area contributed by atoms with Crippen LogP contribution < -0.4 is 9.03 Å². The van der Waals surface area contributed by atoms with E-state index in [1.54, 1.807) is 0 Å². The van der Waals surface area contributed by atoms with Gasteiger partial charge in [-0.25, -0.2) is 4.79 Å². The highest BCUT2D eigenvalue weighted by atomic mass is 35.5. The number of benzene rings is 1. The van der Waals surface area contributed by atoms with E-state index in [4.69, 9.17) is 21.7 Å². The third kappa shape index (κ3) is 2.03. The van der Waals surface area contributed by atoms with Crippen LogP contribution in [0.25, 0.3) is 0 Å². The number of methoxy groups -OCH3 is 1. The summed E-state index contributed by atoms with van der Waals surface area (Å²) in [6.45, 7) is 0. The first kappa shape index (κ1) is 9.67. The lowest BCUT2D eigenvalue weighted by molar-refractivity contribution is 0.0696. The summed E-state index contributed by atoms with van der Waals surface area (Å²) in [5.74, 6) is -0.455. The first-order valence-electron chi connectivity index (χ1n) is 3.39. The number of ether oxygens (including phenoxy) is 1. The largest absolute Gasteiger partial charge is 0.493 e. The number of carbonyl (C=O) groups is 1. The van der Waals surface area contributed by atoms with Crippen molar-refractivity contribution < 1.29 is 18.9 Å². The molecule has 0 aliphatic rings. The van der Waals surface area contributed by atoms with E-state index in [0.717, 1.165) is 0 Å². The van der Waals surface area contributed by atoms with Gasteiger partial charge in [0.25, 0.3) is 0 Å². The minimum atomic E-state index is -1.03. The number of rotatable bonds is 3. The van der Waals surface area contributed by atoms with Gasteiger partial charge in [-0.3, -0.25) is 0 Å². The first-order chi connectivity index (χ1) is 6.19. The Labute approximate surface area is 79.8 Å². The molecule has 0 saturated carbocycles. The molecule has 0 aromatic heterocycles. The zero-order valence-corrected chi connectivity index (χ0v) is 7.54. The van der Waals surface area contributed by atoms with Crippen molar-refractivity contribution in [3.05, 3.63) is 23.8 Å². The Bertz CT molecular complexity index is 324. The number of carboxylic acids is 1. The SMILES string of the molecule is COc1cc(C(=O)O)ccc1OCl. The second-order valence-electron chi connectivity index (χ2n) is 2.25. The molecule has 1 aromatic rings. The summed E-state index contributed by atoms with van der Waals surface area (Å²) in [5.41, 5.74) is 0.120. The van der Waals surface area contributed by atoms with E-state index in [-0.39, 0.29) is 17.1 Å². The molecule has 0 heterocycles. The van der Waals surface area contributed by atoms with Gasteiger partial charge in [0, 0.05) is 0 Å². The van der Waals surface area contributed by atoms with Gasteiger partial charge in [0.15, 0.2) is 11.5 Å². The molecule has 4 nitrogen and oxygen atoms in total. The Morgan fingerprint density at radius 2 is 2.15 bits per heavy atom. The van der Waals surface area contributed by atoms with Crippen molar-refractivity contribution in [3.63, 3.8) is 0 Å². The van der Waals surface area contributed by atoms with Gasteiger partial charge in [0.2, 0.25) is 0 Å². The number of halogens is 1. The van der Waals surface area contributed by atoms with Crippen LogP contribution >= 0.6 is 11.9 Å². The van der Waals surface area contributed by atoms with E-state index in [1.165, 1.54) is 25.3 Å². The van der Waals surface area contributed by atoms with Gasteiger partial charge >= 0.3 is 5.97 Å². The van der Waals surface area contributed by atoms with Crippen molar-refractivity contribution in [1.29, 1.82) is 0 Å². The molecular formula is C8H7ClO4. The fourth-order valence-corrected chi connectivity index (χ4v) is 0.992. The predicted octanol–water partition coefficient (Wildman–Crippen LogP) is 1.93. The number of hydrogen-bond acceptors (Lipinski definition) is 3. The maximum absolute atomic E-state index is 10.5. The minimum Gasteiger partial charge on any atom is -0.493 e. The van der Waals surface area contributed by atoms with Gasteiger partial charge in [-0.15, -0.1) is 0 Å². The Balaban J connectivity index is 3.13. The number of aromatic carboxylic acids is 1. The number of carboxylic acid groups (broad SMARTS) is 1. The summed E-state index contributed by atoms with van der Waals surface area (Å²) in [5, 5.41) is 8.64. The van der Waals surface area contributed by atoms with Crippen LogP contribution in [0.4, 0.5) is 0 Å². The molecule has 1 N–H and O–H groups in total. The summed E-state index contributed by atoms with van der Waals surface area (Å²) in [6.07, 6.45) is 0. The molecule has 1 rings (SSSR count). The lowest BCUT2D eigenvalue weighted by Gasteiger charge is -2.05. The molecule has 70 valence electrons. The molecule has 0 amide bonds. The Morgan fingerprint density at radius 3 is 2.62 bits per heavy atom. The van der Waals surface area contributed by atoms with E-state index >= 15 is 0 Å². The molecule has 13 heavy (non-hydrogen) atoms. The lowest BCUT2D eigenvalue weighted by atomic mass is 10.2. The summed E-state index contributed by atoms with van der Waals surface area (Å²) in [6, 6.07) is 4.14. The van der Waals surface area contributed by atoms with Gasteiger partial charge in [0.05, 0.1) is 12.7 Å². The molecule has 0 atom stereocenters. The third-order valence-electron chi connectivity index (χ3n) is 1.49. The van der Waals surface area contributed by atoms with Crippen LogP contribution in [-0.2, 0) is 0 Å². The molecule has 0 bridgehead atoms. The van der Waals surface area contributed by atoms with E-state index in [9.17, 15) is 4.79 Å². The van der Waals surface area contributed by atoms with Crippen molar-refractivity contribution in [2.45, 2.75) is 0 Å². The normalized spacial score (nSPS) is 9.38. The molecule has 0 saturated heterocycles. The highest BCUT2D eigenvalue weighted by Gasteiger charge is 2.09. The van der Waals surface area contributed by atoms with Crippen LogP contribution in [-0.4, -0.2) is 18.2 Å². The molecule has 5 heteroatoms. The maximum Gasteiger partial charge on any atom is 0.335 e. The van der Waals surface area contributed by atoms with Crippen molar-refractivity contribution >= 4 is 17.8 Å². The van der Waals surface area contributed by atoms with Gasteiger partial charge in [-0.1, -0.05) is 0 Å². The Morgan fingerprint density at radius 1 is 1.46 bits per heavy atom. The zero-order chi connectivity index (χ0) is 9.84. The first-order valence-corrected chi connectivity index (χ1v) is 3.70. The third-order valence-corrected chi connectivity index (χ3v) is 1.66. The Hall–Kier alpha value is -1.42. The van der Waals surface area contributed by atoms with Crippen LogP contribution in [0.3, 0.4) is 0 Å². The molecule has 0 spiro atoms. The fourth-order valence-electron chi connectivity index (χ4n) is 0.864. The van der Waals surface area contributed by atoms with E-state index in [1.807, 2.05) is 0 Å². The lowest BCUT2D eigenvalue weighted by Crippen LogP contribution is -1.97. The molecule has 0 unspecified atom stereocenters. The van der Waals surface area contributed by atoms with Crippen LogP contribution in [0.15, 0.2) is 18.2 Å². The quantitative estimate of drug-likeness (QED) is 0.814. The fraction of sp³-hybridized carbons (Fsp3) is 0.125. The summed E-state index contributed by atoms with van der Waals surface area (Å²) >= 11 is 5.12. The molecular weight excluding hydrogens is 196 g/mol. The average Bonchev–Trinajstić information content (AvgIpc) is 2.16. The van der Waals surface area contributed by atoms with E-state index in [2.05, 4.69) is 4.29 Å². The van der Waals surface area contributed by atoms with Gasteiger partial charge in [-0.2, -0.15) is 0 Å². The van der Waals surface area contributed by atoms with Crippen LogP contribution in [0.2, 0.25) is 0 Å². The summed E-state index contributed by atoms with van der Waals surface area (Å²) in [7, 11) is 1.40. The van der Waals surface area contributed by atoms with Crippen molar-refractivity contribution in [2.24, 2.45) is 0 Å². The van der Waals surface area contributed by atoms with E-state index < -0.39 is 5.97 Å². The van der Waals surface area contributed by atoms with Gasteiger partial charge in [-0.05, 0) is 18.2 Å². The summed E-state index contributed by atoms with van der Waals surface area (Å²) in [4.78, 5) is 10.5. The topological polar surface area (TPSA) is 55.8 Å². The maximum atomic E-state index is 10.5. The van der Waals surface area contributed by atoms with Crippen LogP contribution in [0.5, 0.6) is 11.5 Å². The van der Waals surface area contributed by atoms with E-state index in [0.29, 0.717) is 0 Å². The molecule has 0 fully saturated rings. The van der Waals surface area contributed by atoms with Gasteiger partial charge < -0.3 is 14.1 Å². The average molecular weight is 203 g/mol. The summed E-state index contributed by atoms with van der Waals surface area (Å²) < 4.78 is 9.28. The van der Waals surface area contributed by atoms with Gasteiger partial charge in [0.1, 0.15) is 11.9 Å². The smallest absolute Gasteiger partial charge is 0.335 e. The highest BCUT2D eigenvalue weighted by molar-refractivity contribution is 6.09. The van der Waals surface area contributed by atoms with Crippen LogP contribution in [0.1, 0.15) is 10.4 Å². The number of hydrogen-bond donors (Lipinski definition) is 1. The minimum absolute atomic E-state index is 0.120. The molecule has 0 aliphatic carbocycles. The highest BCUT2D eigenvalue weighted by Crippen LogP contribution is 2.28. The standard InChI is InChI=1S/C8H7ClO4/c1-12-7-4-5(8(10)11)2-3-6(7)13-9/h2-4H,1H3,(H,10,11).